The van der Waals surface area contributed by atoms with Crippen LogP contribution in [0.1, 0.15) is 15.9 Å². The molecule has 110 valence electrons. The van der Waals surface area contributed by atoms with Gasteiger partial charge in [-0.15, -0.1) is 0 Å². The summed E-state index contributed by atoms with van der Waals surface area (Å²) in [6.07, 6.45) is 1.13. The number of amides is 1. The Morgan fingerprint density at radius 2 is 1.86 bits per heavy atom. The number of hydrogen-bond donors (Lipinski definition) is 2. The lowest BCUT2D eigenvalue weighted by atomic mass is 10.2. The Hall–Kier alpha value is -2.32. The van der Waals surface area contributed by atoms with E-state index in [4.69, 9.17) is 5.14 Å². The lowest BCUT2D eigenvalue weighted by Crippen LogP contribution is -2.15. The lowest BCUT2D eigenvalue weighted by Gasteiger charge is -2.06. The van der Waals surface area contributed by atoms with Gasteiger partial charge < -0.3 is 5.32 Å². The van der Waals surface area contributed by atoms with Gasteiger partial charge in [0.15, 0.2) is 0 Å². The molecule has 1 amide bonds. The Morgan fingerprint density at radius 1 is 1.19 bits per heavy atom. The molecule has 6 nitrogen and oxygen atoms in total. The summed E-state index contributed by atoms with van der Waals surface area (Å²) in [6, 6.07) is 8.59. The standard InChI is InChI=1S/C13H12FN3O3S/c14-12-6-3-10(7-16-12)13(18)17-11-4-1-9(2-5-11)8-21(15,19)20/h1-7H,8H2,(H,17,18)(H2,15,19,20). The normalized spacial score (nSPS) is 11.1. The summed E-state index contributed by atoms with van der Waals surface area (Å²) in [4.78, 5) is 15.2. The Kier molecular flexibility index (Phi) is 4.29. The Labute approximate surface area is 120 Å². The van der Waals surface area contributed by atoms with E-state index < -0.39 is 21.9 Å². The van der Waals surface area contributed by atoms with Crippen LogP contribution in [0.15, 0.2) is 42.6 Å². The third kappa shape index (κ3) is 4.62. The van der Waals surface area contributed by atoms with Gasteiger partial charge in [0.05, 0.1) is 11.3 Å². The van der Waals surface area contributed by atoms with Crippen LogP contribution in [-0.4, -0.2) is 19.3 Å². The van der Waals surface area contributed by atoms with Crippen LogP contribution in [0.5, 0.6) is 0 Å². The summed E-state index contributed by atoms with van der Waals surface area (Å²) in [7, 11) is -3.59. The number of nitrogens with two attached hydrogens (primary N) is 1. The Balaban J connectivity index is 2.06. The number of aromatic nitrogens is 1. The highest BCUT2D eigenvalue weighted by molar-refractivity contribution is 7.88. The quantitative estimate of drug-likeness (QED) is 0.830. The molecule has 1 aromatic carbocycles. The van der Waals surface area contributed by atoms with E-state index in [0.717, 1.165) is 12.3 Å². The highest BCUT2D eigenvalue weighted by Crippen LogP contribution is 2.12. The van der Waals surface area contributed by atoms with Crippen LogP contribution >= 0.6 is 0 Å². The number of nitrogens with one attached hydrogen (secondary N) is 1. The van der Waals surface area contributed by atoms with Gasteiger partial charge in [0.2, 0.25) is 16.0 Å². The van der Waals surface area contributed by atoms with E-state index in [9.17, 15) is 17.6 Å². The molecule has 1 aromatic heterocycles. The number of anilines is 1. The van der Waals surface area contributed by atoms with Gasteiger partial charge in [-0.2, -0.15) is 4.39 Å². The SMILES string of the molecule is NS(=O)(=O)Cc1ccc(NC(=O)c2ccc(F)nc2)cc1. The molecular weight excluding hydrogens is 297 g/mol. The summed E-state index contributed by atoms with van der Waals surface area (Å²) in [6.45, 7) is 0. The average Bonchev–Trinajstić information content (AvgIpc) is 2.40. The topological polar surface area (TPSA) is 102 Å². The first-order valence-electron chi connectivity index (χ1n) is 5.86. The number of halogens is 1. The maximum absolute atomic E-state index is 12.7. The maximum Gasteiger partial charge on any atom is 0.257 e. The molecule has 2 rings (SSSR count). The first-order valence-corrected chi connectivity index (χ1v) is 7.57. The molecule has 0 aliphatic carbocycles. The van der Waals surface area contributed by atoms with Crippen molar-refractivity contribution in [3.63, 3.8) is 0 Å². The van der Waals surface area contributed by atoms with Crippen molar-refractivity contribution >= 4 is 21.6 Å². The van der Waals surface area contributed by atoms with E-state index >= 15 is 0 Å². The summed E-state index contributed by atoms with van der Waals surface area (Å²) >= 11 is 0. The van der Waals surface area contributed by atoms with Crippen molar-refractivity contribution in [2.24, 2.45) is 5.14 Å². The molecule has 8 heteroatoms. The molecule has 1 heterocycles. The number of rotatable bonds is 4. The van der Waals surface area contributed by atoms with E-state index in [1.807, 2.05) is 0 Å². The number of carbonyl (C=O) groups excluding carboxylic acids is 1. The van der Waals surface area contributed by atoms with Gasteiger partial charge in [-0.05, 0) is 29.8 Å². The van der Waals surface area contributed by atoms with Crippen LogP contribution in [0, 0.1) is 5.95 Å². The fourth-order valence-corrected chi connectivity index (χ4v) is 2.29. The monoisotopic (exact) mass is 309 g/mol. The molecule has 2 aromatic rings. The molecule has 0 spiro atoms. The van der Waals surface area contributed by atoms with Crippen LogP contribution in [-0.2, 0) is 15.8 Å². The molecule has 0 aliphatic heterocycles. The van der Waals surface area contributed by atoms with E-state index in [1.165, 1.54) is 6.07 Å². The number of hydrogen-bond acceptors (Lipinski definition) is 4. The molecule has 0 fully saturated rings. The third-order valence-electron chi connectivity index (χ3n) is 2.57. The Bertz CT molecular complexity index is 743. The van der Waals surface area contributed by atoms with E-state index in [-0.39, 0.29) is 11.3 Å². The van der Waals surface area contributed by atoms with Crippen molar-refractivity contribution in [3.05, 3.63) is 59.7 Å². The van der Waals surface area contributed by atoms with Crippen molar-refractivity contribution in [1.29, 1.82) is 0 Å². The van der Waals surface area contributed by atoms with E-state index in [1.54, 1.807) is 24.3 Å². The zero-order valence-corrected chi connectivity index (χ0v) is 11.6. The average molecular weight is 309 g/mol. The van der Waals surface area contributed by atoms with Crippen LogP contribution in [0.3, 0.4) is 0 Å². The van der Waals surface area contributed by atoms with Gasteiger partial charge in [0.25, 0.3) is 5.91 Å². The lowest BCUT2D eigenvalue weighted by molar-refractivity contribution is 0.102. The number of sulfonamides is 1. The minimum Gasteiger partial charge on any atom is -0.322 e. The zero-order valence-electron chi connectivity index (χ0n) is 10.8. The van der Waals surface area contributed by atoms with Gasteiger partial charge in [0, 0.05) is 11.9 Å². The van der Waals surface area contributed by atoms with Gasteiger partial charge in [-0.1, -0.05) is 12.1 Å². The summed E-state index contributed by atoms with van der Waals surface area (Å²) in [5.74, 6) is -1.39. The predicted octanol–water partition coefficient (Wildman–Crippen LogP) is 1.26. The van der Waals surface area contributed by atoms with Crippen LogP contribution in [0.2, 0.25) is 0 Å². The second kappa shape index (κ2) is 5.98. The van der Waals surface area contributed by atoms with E-state index in [0.29, 0.717) is 11.3 Å². The van der Waals surface area contributed by atoms with Crippen LogP contribution in [0.25, 0.3) is 0 Å². The smallest absolute Gasteiger partial charge is 0.257 e. The predicted molar refractivity (Wildman–Crippen MR) is 75.4 cm³/mol. The molecule has 0 aliphatic rings. The summed E-state index contributed by atoms with van der Waals surface area (Å²) in [5.41, 5.74) is 1.20. The minimum atomic E-state index is -3.59. The summed E-state index contributed by atoms with van der Waals surface area (Å²) in [5, 5.41) is 7.53. The molecule has 0 radical (unpaired) electrons. The van der Waals surface area contributed by atoms with Crippen LogP contribution in [0.4, 0.5) is 10.1 Å². The zero-order chi connectivity index (χ0) is 15.5. The minimum absolute atomic E-state index is 0.213. The fourth-order valence-electron chi connectivity index (χ4n) is 1.63. The molecule has 0 bridgehead atoms. The van der Waals surface area contributed by atoms with E-state index in [2.05, 4.69) is 10.3 Å². The van der Waals surface area contributed by atoms with Crippen molar-refractivity contribution in [2.75, 3.05) is 5.32 Å². The van der Waals surface area contributed by atoms with Crippen molar-refractivity contribution in [1.82, 2.24) is 4.98 Å². The molecule has 0 atom stereocenters. The number of nitrogens with zero attached hydrogens (tertiary/aromatic N) is 1. The van der Waals surface area contributed by atoms with Crippen molar-refractivity contribution in [2.45, 2.75) is 5.75 Å². The number of carbonyl (C=O) groups is 1. The van der Waals surface area contributed by atoms with Gasteiger partial charge >= 0.3 is 0 Å². The Morgan fingerprint density at radius 3 is 2.38 bits per heavy atom. The van der Waals surface area contributed by atoms with Crippen LogP contribution < -0.4 is 10.5 Å². The molecule has 21 heavy (non-hydrogen) atoms. The first kappa shape index (κ1) is 15.1. The van der Waals surface area contributed by atoms with Gasteiger partial charge in [-0.25, -0.2) is 18.5 Å². The highest BCUT2D eigenvalue weighted by Gasteiger charge is 2.08. The molecular formula is C13H12FN3O3S. The largest absolute Gasteiger partial charge is 0.322 e. The molecule has 0 unspecified atom stereocenters. The number of pyridine rings is 1. The fraction of sp³-hybridized carbons (Fsp3) is 0.0769. The van der Waals surface area contributed by atoms with Gasteiger partial charge in [-0.3, -0.25) is 4.79 Å². The van der Waals surface area contributed by atoms with Crippen molar-refractivity contribution < 1.29 is 17.6 Å². The number of primary sulfonamides is 1. The second-order valence-electron chi connectivity index (χ2n) is 4.33. The first-order chi connectivity index (χ1) is 9.83. The van der Waals surface area contributed by atoms with Crippen molar-refractivity contribution in [3.8, 4) is 0 Å². The molecule has 0 saturated carbocycles. The highest BCUT2D eigenvalue weighted by atomic mass is 32.2. The molecule has 3 N–H and O–H groups in total. The number of benzene rings is 1. The maximum atomic E-state index is 12.7. The van der Waals surface area contributed by atoms with Gasteiger partial charge in [0.1, 0.15) is 0 Å². The third-order valence-corrected chi connectivity index (χ3v) is 3.30. The second-order valence-corrected chi connectivity index (χ2v) is 5.94. The molecule has 0 saturated heterocycles. The summed E-state index contributed by atoms with van der Waals surface area (Å²) < 4.78 is 34.5.